The summed E-state index contributed by atoms with van der Waals surface area (Å²) in [6, 6.07) is 1.85. The van der Waals surface area contributed by atoms with Crippen LogP contribution in [0.15, 0.2) is 24.8 Å². The lowest BCUT2D eigenvalue weighted by Gasteiger charge is -2.03. The minimum absolute atomic E-state index is 0.107. The van der Waals surface area contributed by atoms with Crippen LogP contribution in [0.4, 0.5) is 0 Å². The van der Waals surface area contributed by atoms with Gasteiger partial charge in [0.15, 0.2) is 0 Å². The number of hydrogen-bond donors (Lipinski definition) is 1. The molecule has 2 aromatic rings. The summed E-state index contributed by atoms with van der Waals surface area (Å²) in [5.74, 6) is -1.03. The van der Waals surface area contributed by atoms with Crippen molar-refractivity contribution in [3.8, 4) is 0 Å². The molecule has 0 unspecified atom stereocenters. The largest absolute Gasteiger partial charge is 0.478 e. The molecule has 0 bridgehead atoms. The van der Waals surface area contributed by atoms with Gasteiger partial charge >= 0.3 is 5.97 Å². The Hall–Kier alpha value is -2.24. The molecular formula is C10H10N4O2. The Morgan fingerprint density at radius 3 is 3.00 bits per heavy atom. The minimum Gasteiger partial charge on any atom is -0.478 e. The zero-order valence-electron chi connectivity index (χ0n) is 8.66. The van der Waals surface area contributed by atoms with Crippen LogP contribution < -0.4 is 0 Å². The second-order valence-corrected chi connectivity index (χ2v) is 3.34. The summed E-state index contributed by atoms with van der Waals surface area (Å²) >= 11 is 0. The van der Waals surface area contributed by atoms with Crippen molar-refractivity contribution in [3.63, 3.8) is 0 Å². The van der Waals surface area contributed by atoms with Crippen molar-refractivity contribution >= 4 is 5.97 Å². The first kappa shape index (κ1) is 10.3. The van der Waals surface area contributed by atoms with Crippen molar-refractivity contribution in [2.24, 2.45) is 0 Å². The van der Waals surface area contributed by atoms with Crippen LogP contribution in [-0.4, -0.2) is 30.8 Å². The molecule has 2 heterocycles. The second kappa shape index (κ2) is 4.09. The molecule has 6 heteroatoms. The summed E-state index contributed by atoms with van der Waals surface area (Å²) in [6.45, 7) is 2.20. The van der Waals surface area contributed by atoms with Gasteiger partial charge in [0.25, 0.3) is 0 Å². The second-order valence-electron chi connectivity index (χ2n) is 3.34. The first-order chi connectivity index (χ1) is 7.66. The SMILES string of the molecule is Cc1ccn(Cc2ncncc2C(=O)O)n1. The van der Waals surface area contributed by atoms with Gasteiger partial charge in [-0.1, -0.05) is 0 Å². The normalized spacial score (nSPS) is 10.3. The highest BCUT2D eigenvalue weighted by molar-refractivity contribution is 5.88. The molecule has 0 spiro atoms. The van der Waals surface area contributed by atoms with E-state index >= 15 is 0 Å². The maximum atomic E-state index is 10.9. The number of carboxylic acid groups (broad SMARTS) is 1. The van der Waals surface area contributed by atoms with Crippen molar-refractivity contribution < 1.29 is 9.90 Å². The van der Waals surface area contributed by atoms with Crippen LogP contribution in [0.25, 0.3) is 0 Å². The molecule has 16 heavy (non-hydrogen) atoms. The van der Waals surface area contributed by atoms with E-state index in [4.69, 9.17) is 5.11 Å². The average Bonchev–Trinajstić information content (AvgIpc) is 2.64. The Morgan fingerprint density at radius 1 is 1.56 bits per heavy atom. The standard InChI is InChI=1S/C10H10N4O2/c1-7-2-3-14(13-7)5-9-8(10(15)16)4-11-6-12-9/h2-4,6H,5H2,1H3,(H,15,16). The third-order valence-electron chi connectivity index (χ3n) is 2.11. The molecule has 1 N–H and O–H groups in total. The Kier molecular flexibility index (Phi) is 2.63. The van der Waals surface area contributed by atoms with E-state index < -0.39 is 5.97 Å². The molecule has 0 aliphatic heterocycles. The fraction of sp³-hybridized carbons (Fsp3) is 0.200. The van der Waals surface area contributed by atoms with E-state index in [1.165, 1.54) is 12.5 Å². The molecular weight excluding hydrogens is 208 g/mol. The Balaban J connectivity index is 2.31. The molecule has 0 aliphatic carbocycles. The number of aromatic nitrogens is 4. The molecule has 82 valence electrons. The molecule has 2 rings (SSSR count). The highest BCUT2D eigenvalue weighted by Crippen LogP contribution is 2.06. The zero-order valence-corrected chi connectivity index (χ0v) is 8.66. The van der Waals surface area contributed by atoms with Gasteiger partial charge in [-0.2, -0.15) is 5.10 Å². The number of hydrogen-bond acceptors (Lipinski definition) is 4. The number of carboxylic acids is 1. The number of aryl methyl sites for hydroxylation is 1. The lowest BCUT2D eigenvalue weighted by atomic mass is 10.2. The topological polar surface area (TPSA) is 80.9 Å². The molecule has 0 radical (unpaired) electrons. The van der Waals surface area contributed by atoms with Gasteiger partial charge in [0.2, 0.25) is 0 Å². The average molecular weight is 218 g/mol. The molecule has 0 saturated carbocycles. The number of nitrogens with zero attached hydrogens (tertiary/aromatic N) is 4. The summed E-state index contributed by atoms with van der Waals surface area (Å²) in [6.07, 6.45) is 4.40. The quantitative estimate of drug-likeness (QED) is 0.821. The van der Waals surface area contributed by atoms with E-state index in [1.54, 1.807) is 10.9 Å². The van der Waals surface area contributed by atoms with Crippen molar-refractivity contribution in [1.82, 2.24) is 19.7 Å². The molecule has 0 fully saturated rings. The predicted molar refractivity (Wildman–Crippen MR) is 55.1 cm³/mol. The van der Waals surface area contributed by atoms with Crippen LogP contribution in [0.1, 0.15) is 21.7 Å². The van der Waals surface area contributed by atoms with Crippen LogP contribution in [0.5, 0.6) is 0 Å². The predicted octanol–water partition coefficient (Wildman–Crippen LogP) is 0.728. The third kappa shape index (κ3) is 2.05. The van der Waals surface area contributed by atoms with Crippen molar-refractivity contribution in [3.05, 3.63) is 41.7 Å². The summed E-state index contributed by atoms with van der Waals surface area (Å²) < 4.78 is 1.64. The number of rotatable bonds is 3. The fourth-order valence-electron chi connectivity index (χ4n) is 1.36. The molecule has 6 nitrogen and oxygen atoms in total. The monoisotopic (exact) mass is 218 g/mol. The fourth-order valence-corrected chi connectivity index (χ4v) is 1.36. The van der Waals surface area contributed by atoms with E-state index in [2.05, 4.69) is 15.1 Å². The summed E-state index contributed by atoms with van der Waals surface area (Å²) in [5.41, 5.74) is 1.44. The maximum absolute atomic E-state index is 10.9. The zero-order chi connectivity index (χ0) is 11.5. The van der Waals surface area contributed by atoms with Crippen molar-refractivity contribution in [2.45, 2.75) is 13.5 Å². The molecule has 0 aromatic carbocycles. The smallest absolute Gasteiger partial charge is 0.339 e. The molecule has 0 amide bonds. The third-order valence-corrected chi connectivity index (χ3v) is 2.11. The van der Waals surface area contributed by atoms with Crippen LogP contribution in [0.2, 0.25) is 0 Å². The van der Waals surface area contributed by atoms with Gasteiger partial charge < -0.3 is 5.11 Å². The van der Waals surface area contributed by atoms with Gasteiger partial charge in [0.05, 0.1) is 17.9 Å². The Labute approximate surface area is 91.6 Å². The first-order valence-electron chi connectivity index (χ1n) is 4.69. The van der Waals surface area contributed by atoms with Crippen LogP contribution in [-0.2, 0) is 6.54 Å². The first-order valence-corrected chi connectivity index (χ1v) is 4.69. The lowest BCUT2D eigenvalue weighted by Crippen LogP contribution is -2.10. The Morgan fingerprint density at radius 2 is 2.38 bits per heavy atom. The van der Waals surface area contributed by atoms with Gasteiger partial charge in [-0.05, 0) is 13.0 Å². The van der Waals surface area contributed by atoms with E-state index in [-0.39, 0.29) is 5.56 Å². The van der Waals surface area contributed by atoms with Gasteiger partial charge in [0, 0.05) is 12.4 Å². The highest BCUT2D eigenvalue weighted by atomic mass is 16.4. The van der Waals surface area contributed by atoms with Crippen molar-refractivity contribution in [2.75, 3.05) is 0 Å². The summed E-state index contributed by atoms with van der Waals surface area (Å²) in [5, 5.41) is 13.1. The number of aromatic carboxylic acids is 1. The summed E-state index contributed by atoms with van der Waals surface area (Å²) in [7, 11) is 0. The van der Waals surface area contributed by atoms with Gasteiger partial charge in [-0.25, -0.2) is 14.8 Å². The maximum Gasteiger partial charge on any atom is 0.339 e. The minimum atomic E-state index is -1.03. The van der Waals surface area contributed by atoms with Crippen molar-refractivity contribution in [1.29, 1.82) is 0 Å². The summed E-state index contributed by atoms with van der Waals surface area (Å²) in [4.78, 5) is 18.6. The van der Waals surface area contributed by atoms with E-state index in [9.17, 15) is 4.79 Å². The molecule has 0 aliphatic rings. The van der Waals surface area contributed by atoms with E-state index in [0.717, 1.165) is 5.69 Å². The lowest BCUT2D eigenvalue weighted by molar-refractivity contribution is 0.0694. The van der Waals surface area contributed by atoms with Gasteiger partial charge in [-0.3, -0.25) is 4.68 Å². The number of carbonyl (C=O) groups is 1. The van der Waals surface area contributed by atoms with Gasteiger partial charge in [-0.15, -0.1) is 0 Å². The highest BCUT2D eigenvalue weighted by Gasteiger charge is 2.11. The Bertz CT molecular complexity index is 521. The van der Waals surface area contributed by atoms with Crippen LogP contribution in [0.3, 0.4) is 0 Å². The molecule has 0 atom stereocenters. The van der Waals surface area contributed by atoms with Crippen LogP contribution >= 0.6 is 0 Å². The van der Waals surface area contributed by atoms with Gasteiger partial charge in [0.1, 0.15) is 11.9 Å². The van der Waals surface area contributed by atoms with E-state index in [1.807, 2.05) is 13.0 Å². The van der Waals surface area contributed by atoms with E-state index in [0.29, 0.717) is 12.2 Å². The molecule has 0 saturated heterocycles. The van der Waals surface area contributed by atoms with Crippen LogP contribution in [0, 0.1) is 6.92 Å². The molecule has 2 aromatic heterocycles.